The predicted molar refractivity (Wildman–Crippen MR) is 94.5 cm³/mol. The van der Waals surface area contributed by atoms with Gasteiger partial charge in [-0.3, -0.25) is 4.98 Å². The van der Waals surface area contributed by atoms with Crippen molar-refractivity contribution >= 4 is 11.6 Å². The van der Waals surface area contributed by atoms with Crippen molar-refractivity contribution in [3.63, 3.8) is 0 Å². The number of nitrogens with zero attached hydrogens (tertiary/aromatic N) is 4. The Morgan fingerprint density at radius 2 is 1.88 bits per heavy atom. The molecule has 1 aromatic heterocycles. The molecule has 0 saturated carbocycles. The highest BCUT2D eigenvalue weighted by molar-refractivity contribution is 5.78. The maximum Gasteiger partial charge on any atom is 0.191 e. The summed E-state index contributed by atoms with van der Waals surface area (Å²) in [5.74, 6) is 0.343. The highest BCUT2D eigenvalue weighted by Crippen LogP contribution is 2.16. The van der Waals surface area contributed by atoms with Gasteiger partial charge in [-0.25, -0.2) is 9.38 Å². The molecular weight excluding hydrogens is 305 g/mol. The van der Waals surface area contributed by atoms with Crippen LogP contribution in [0.3, 0.4) is 0 Å². The predicted octanol–water partition coefficient (Wildman–Crippen LogP) is 2.17. The number of hydrogen-bond donors (Lipinski definition) is 1. The molecule has 1 saturated heterocycles. The number of aryl methyl sites for hydroxylation is 1. The van der Waals surface area contributed by atoms with E-state index in [-0.39, 0.29) is 5.82 Å². The van der Waals surface area contributed by atoms with E-state index < -0.39 is 0 Å². The van der Waals surface area contributed by atoms with Crippen LogP contribution < -0.4 is 10.6 Å². The molecule has 2 heterocycles. The monoisotopic (exact) mass is 327 g/mol. The van der Waals surface area contributed by atoms with Crippen molar-refractivity contribution in [3.8, 4) is 0 Å². The lowest BCUT2D eigenvalue weighted by Gasteiger charge is -2.36. The van der Waals surface area contributed by atoms with Crippen molar-refractivity contribution in [1.29, 1.82) is 0 Å². The first-order valence-corrected chi connectivity index (χ1v) is 8.09. The molecule has 0 bridgehead atoms. The number of anilines is 1. The van der Waals surface area contributed by atoms with Gasteiger partial charge in [0, 0.05) is 38.1 Å². The van der Waals surface area contributed by atoms with Crippen molar-refractivity contribution in [3.05, 3.63) is 59.7 Å². The second-order valence-electron chi connectivity index (χ2n) is 5.95. The van der Waals surface area contributed by atoms with Gasteiger partial charge in [0.15, 0.2) is 5.96 Å². The Hall–Kier alpha value is -2.63. The largest absolute Gasteiger partial charge is 0.370 e. The van der Waals surface area contributed by atoms with Gasteiger partial charge in [0.05, 0.1) is 12.2 Å². The lowest BCUT2D eigenvalue weighted by atomic mass is 10.2. The van der Waals surface area contributed by atoms with Gasteiger partial charge in [-0.05, 0) is 48.9 Å². The van der Waals surface area contributed by atoms with Crippen molar-refractivity contribution < 1.29 is 4.39 Å². The Morgan fingerprint density at radius 1 is 1.17 bits per heavy atom. The standard InChI is InChI=1S/C18H22FN5/c1-14-6-7-21-16(12-14)13-22-18(20)24-10-8-23(9-11-24)17-4-2-15(19)3-5-17/h2-7,12H,8-11,13H2,1H3,(H2,20,22). The number of benzene rings is 1. The topological polar surface area (TPSA) is 57.8 Å². The average molecular weight is 327 g/mol. The maximum atomic E-state index is 13.0. The molecule has 0 radical (unpaired) electrons. The van der Waals surface area contributed by atoms with Crippen molar-refractivity contribution in [2.45, 2.75) is 13.5 Å². The number of guanidine groups is 1. The summed E-state index contributed by atoms with van der Waals surface area (Å²) in [4.78, 5) is 13.1. The molecule has 2 N–H and O–H groups in total. The van der Waals surface area contributed by atoms with Gasteiger partial charge in [0.1, 0.15) is 5.82 Å². The summed E-state index contributed by atoms with van der Waals surface area (Å²) < 4.78 is 13.0. The fraction of sp³-hybridized carbons (Fsp3) is 0.333. The molecule has 0 spiro atoms. The Kier molecular flexibility index (Phi) is 4.93. The number of rotatable bonds is 3. The molecule has 1 aromatic carbocycles. The number of hydrogen-bond acceptors (Lipinski definition) is 3. The Labute approximate surface area is 141 Å². The van der Waals surface area contributed by atoms with Crippen molar-refractivity contribution in [1.82, 2.24) is 9.88 Å². The zero-order valence-corrected chi connectivity index (χ0v) is 13.8. The number of piperazine rings is 1. The van der Waals surface area contributed by atoms with Crippen LogP contribution in [0, 0.1) is 12.7 Å². The van der Waals surface area contributed by atoms with Crippen LogP contribution in [0.5, 0.6) is 0 Å². The summed E-state index contributed by atoms with van der Waals surface area (Å²) >= 11 is 0. The zero-order chi connectivity index (χ0) is 16.9. The fourth-order valence-electron chi connectivity index (χ4n) is 2.79. The van der Waals surface area contributed by atoms with E-state index in [4.69, 9.17) is 5.73 Å². The average Bonchev–Trinajstić information content (AvgIpc) is 2.61. The second-order valence-corrected chi connectivity index (χ2v) is 5.95. The van der Waals surface area contributed by atoms with Gasteiger partial charge in [-0.1, -0.05) is 0 Å². The minimum Gasteiger partial charge on any atom is -0.370 e. The molecule has 126 valence electrons. The van der Waals surface area contributed by atoms with Crippen LogP contribution in [-0.4, -0.2) is 42.0 Å². The van der Waals surface area contributed by atoms with Gasteiger partial charge in [0.25, 0.3) is 0 Å². The van der Waals surface area contributed by atoms with E-state index >= 15 is 0 Å². The number of aromatic nitrogens is 1. The molecule has 1 aliphatic rings. The highest BCUT2D eigenvalue weighted by Gasteiger charge is 2.18. The first-order chi connectivity index (χ1) is 11.6. The van der Waals surface area contributed by atoms with Gasteiger partial charge in [-0.15, -0.1) is 0 Å². The molecule has 2 aromatic rings. The van der Waals surface area contributed by atoms with Crippen LogP contribution in [0.1, 0.15) is 11.3 Å². The van der Waals surface area contributed by atoms with Gasteiger partial charge < -0.3 is 15.5 Å². The van der Waals surface area contributed by atoms with E-state index in [1.54, 1.807) is 6.20 Å². The molecule has 3 rings (SSSR count). The lowest BCUT2D eigenvalue weighted by molar-refractivity contribution is 0.380. The highest BCUT2D eigenvalue weighted by atomic mass is 19.1. The van der Waals surface area contributed by atoms with Gasteiger partial charge in [-0.2, -0.15) is 0 Å². The van der Waals surface area contributed by atoms with Gasteiger partial charge >= 0.3 is 0 Å². The lowest BCUT2D eigenvalue weighted by Crippen LogP contribution is -2.51. The third-order valence-electron chi connectivity index (χ3n) is 4.17. The van der Waals surface area contributed by atoms with Crippen LogP contribution in [0.2, 0.25) is 0 Å². The van der Waals surface area contributed by atoms with Crippen molar-refractivity contribution in [2.75, 3.05) is 31.1 Å². The third kappa shape index (κ3) is 4.01. The third-order valence-corrected chi connectivity index (χ3v) is 4.17. The van der Waals surface area contributed by atoms with Crippen LogP contribution >= 0.6 is 0 Å². The molecule has 24 heavy (non-hydrogen) atoms. The SMILES string of the molecule is Cc1ccnc(CN=C(N)N2CCN(c3ccc(F)cc3)CC2)c1. The summed E-state index contributed by atoms with van der Waals surface area (Å²) in [7, 11) is 0. The molecule has 1 fully saturated rings. The minimum absolute atomic E-state index is 0.210. The Bertz CT molecular complexity index is 706. The number of nitrogens with two attached hydrogens (primary N) is 1. The summed E-state index contributed by atoms with van der Waals surface area (Å²) in [6.45, 7) is 5.80. The molecule has 1 aliphatic heterocycles. The quantitative estimate of drug-likeness (QED) is 0.693. The fourth-order valence-corrected chi connectivity index (χ4v) is 2.79. The van der Waals surface area contributed by atoms with Gasteiger partial charge in [0.2, 0.25) is 0 Å². The first kappa shape index (κ1) is 16.2. The normalized spacial score (nSPS) is 15.7. The van der Waals surface area contributed by atoms with Crippen molar-refractivity contribution in [2.24, 2.45) is 10.7 Å². The molecule has 0 unspecified atom stereocenters. The number of halogens is 1. The van der Waals surface area contributed by atoms with E-state index in [1.165, 1.54) is 17.7 Å². The maximum absolute atomic E-state index is 13.0. The summed E-state index contributed by atoms with van der Waals surface area (Å²) in [6.07, 6.45) is 1.79. The van der Waals surface area contributed by atoms with Crippen LogP contribution in [0.25, 0.3) is 0 Å². The Balaban J connectivity index is 1.55. The van der Waals surface area contributed by atoms with Crippen LogP contribution in [0.4, 0.5) is 10.1 Å². The summed E-state index contributed by atoms with van der Waals surface area (Å²) in [6, 6.07) is 10.6. The van der Waals surface area contributed by atoms with E-state index in [9.17, 15) is 4.39 Å². The van der Waals surface area contributed by atoms with Crippen LogP contribution in [0.15, 0.2) is 47.6 Å². The van der Waals surface area contributed by atoms with E-state index in [2.05, 4.69) is 19.8 Å². The second kappa shape index (κ2) is 7.29. The molecule has 6 heteroatoms. The first-order valence-electron chi connectivity index (χ1n) is 8.09. The van der Waals surface area contributed by atoms with E-state index in [0.717, 1.165) is 37.6 Å². The number of aliphatic imine (C=N–C) groups is 1. The molecule has 0 aliphatic carbocycles. The smallest absolute Gasteiger partial charge is 0.191 e. The minimum atomic E-state index is -0.210. The molecule has 0 amide bonds. The van der Waals surface area contributed by atoms with E-state index in [1.807, 2.05) is 31.2 Å². The van der Waals surface area contributed by atoms with Crippen LogP contribution in [-0.2, 0) is 6.54 Å². The zero-order valence-electron chi connectivity index (χ0n) is 13.8. The molecule has 0 atom stereocenters. The Morgan fingerprint density at radius 3 is 2.54 bits per heavy atom. The van der Waals surface area contributed by atoms with E-state index in [0.29, 0.717) is 12.5 Å². The summed E-state index contributed by atoms with van der Waals surface area (Å²) in [5, 5.41) is 0. The number of pyridine rings is 1. The summed E-state index contributed by atoms with van der Waals surface area (Å²) in [5.41, 5.74) is 9.24. The molecular formula is C18H22FN5. The molecule has 5 nitrogen and oxygen atoms in total.